The highest BCUT2D eigenvalue weighted by atomic mass is 35.5. The van der Waals surface area contributed by atoms with Crippen molar-refractivity contribution in [3.63, 3.8) is 0 Å². The van der Waals surface area contributed by atoms with Crippen LogP contribution in [-0.4, -0.2) is 59.0 Å². The molecule has 0 atom stereocenters. The van der Waals surface area contributed by atoms with Crippen LogP contribution in [0.25, 0.3) is 10.9 Å². The van der Waals surface area contributed by atoms with Gasteiger partial charge in [0.1, 0.15) is 36.9 Å². The molecule has 10 heteroatoms. The van der Waals surface area contributed by atoms with Gasteiger partial charge >= 0.3 is 0 Å². The number of hydrogen-bond donors (Lipinski definition) is 2. The van der Waals surface area contributed by atoms with Crippen molar-refractivity contribution in [2.75, 3.05) is 38.7 Å². The van der Waals surface area contributed by atoms with E-state index in [-0.39, 0.29) is 19.0 Å². The van der Waals surface area contributed by atoms with Crippen molar-refractivity contribution in [2.24, 2.45) is 5.16 Å². The number of fused-ring (bicyclic) bond motifs is 1. The van der Waals surface area contributed by atoms with E-state index < -0.39 is 0 Å². The van der Waals surface area contributed by atoms with Crippen molar-refractivity contribution in [3.8, 4) is 17.6 Å². The Morgan fingerprint density at radius 3 is 2.77 bits per heavy atom. The van der Waals surface area contributed by atoms with Gasteiger partial charge in [0.2, 0.25) is 0 Å². The third-order valence-electron chi connectivity index (χ3n) is 5.83. The summed E-state index contributed by atoms with van der Waals surface area (Å²) < 4.78 is 19.2. The molecule has 8 nitrogen and oxygen atoms in total. The SMILES string of the molecule is CC#C/C(=N\OCCN(C)CCO)c1ccc2ncnc(Nc3ccc(OCc4cccc(F)c4)c(Cl)c3)c2c1. The van der Waals surface area contributed by atoms with Crippen molar-refractivity contribution >= 4 is 39.7 Å². The second kappa shape index (κ2) is 14.2. The van der Waals surface area contributed by atoms with Crippen molar-refractivity contribution in [2.45, 2.75) is 13.5 Å². The second-order valence-corrected chi connectivity index (χ2v) is 9.23. The first-order valence-corrected chi connectivity index (χ1v) is 13.0. The molecule has 0 amide bonds. The average molecular weight is 562 g/mol. The normalized spacial score (nSPS) is 11.3. The molecule has 0 spiro atoms. The molecule has 0 saturated carbocycles. The Kier molecular flexibility index (Phi) is 10.2. The zero-order chi connectivity index (χ0) is 28.3. The molecular weight excluding hydrogens is 533 g/mol. The molecule has 4 rings (SSSR count). The molecule has 206 valence electrons. The van der Waals surface area contributed by atoms with Gasteiger partial charge in [0.25, 0.3) is 0 Å². The predicted octanol–water partition coefficient (Wildman–Crippen LogP) is 5.41. The first-order chi connectivity index (χ1) is 19.5. The van der Waals surface area contributed by atoms with Crippen LogP contribution in [0.4, 0.5) is 15.9 Å². The van der Waals surface area contributed by atoms with E-state index in [2.05, 4.69) is 32.3 Å². The number of aromatic nitrogens is 2. The highest BCUT2D eigenvalue weighted by Gasteiger charge is 2.11. The minimum Gasteiger partial charge on any atom is -0.487 e. The van der Waals surface area contributed by atoms with Crippen molar-refractivity contribution < 1.29 is 19.1 Å². The van der Waals surface area contributed by atoms with Gasteiger partial charge in [-0.25, -0.2) is 14.4 Å². The second-order valence-electron chi connectivity index (χ2n) is 8.82. The van der Waals surface area contributed by atoms with E-state index in [9.17, 15) is 4.39 Å². The predicted molar refractivity (Wildman–Crippen MR) is 156 cm³/mol. The maximum atomic E-state index is 13.4. The lowest BCUT2D eigenvalue weighted by Gasteiger charge is -2.13. The summed E-state index contributed by atoms with van der Waals surface area (Å²) in [5.41, 5.74) is 3.37. The number of rotatable bonds is 12. The summed E-state index contributed by atoms with van der Waals surface area (Å²) in [6, 6.07) is 17.2. The molecular formula is C30H29ClFN5O3. The van der Waals surface area contributed by atoms with Gasteiger partial charge in [0, 0.05) is 29.7 Å². The van der Waals surface area contributed by atoms with Crippen LogP contribution in [0.3, 0.4) is 0 Å². The smallest absolute Gasteiger partial charge is 0.159 e. The molecule has 0 aliphatic heterocycles. The monoisotopic (exact) mass is 561 g/mol. The third-order valence-corrected chi connectivity index (χ3v) is 6.13. The molecule has 0 aliphatic carbocycles. The lowest BCUT2D eigenvalue weighted by atomic mass is 10.1. The van der Waals surface area contributed by atoms with E-state index >= 15 is 0 Å². The van der Waals surface area contributed by atoms with Crippen molar-refractivity contribution in [3.05, 3.63) is 89.0 Å². The lowest BCUT2D eigenvalue weighted by Crippen LogP contribution is -2.25. The van der Waals surface area contributed by atoms with Crippen LogP contribution in [0.15, 0.2) is 72.1 Å². The van der Waals surface area contributed by atoms with E-state index in [0.717, 1.165) is 16.5 Å². The Morgan fingerprint density at radius 2 is 2.00 bits per heavy atom. The number of benzene rings is 3. The van der Waals surface area contributed by atoms with E-state index in [1.165, 1.54) is 18.5 Å². The number of halogens is 2. The molecule has 1 aromatic heterocycles. The number of nitrogens with one attached hydrogen (secondary N) is 1. The fourth-order valence-corrected chi connectivity index (χ4v) is 4.01. The van der Waals surface area contributed by atoms with E-state index in [0.29, 0.717) is 53.2 Å². The van der Waals surface area contributed by atoms with E-state index in [1.807, 2.05) is 36.2 Å². The quantitative estimate of drug-likeness (QED) is 0.103. The van der Waals surface area contributed by atoms with Gasteiger partial charge in [-0.15, -0.1) is 0 Å². The van der Waals surface area contributed by atoms with Crippen LogP contribution in [-0.2, 0) is 11.4 Å². The molecule has 0 aliphatic rings. The number of nitrogens with zero attached hydrogens (tertiary/aromatic N) is 4. The molecule has 1 heterocycles. The van der Waals surface area contributed by atoms with Crippen LogP contribution < -0.4 is 10.1 Å². The third kappa shape index (κ3) is 7.90. The van der Waals surface area contributed by atoms with Gasteiger partial charge in [-0.1, -0.05) is 34.8 Å². The summed E-state index contributed by atoms with van der Waals surface area (Å²) in [7, 11) is 1.90. The first kappa shape index (κ1) is 28.8. The Hall–Kier alpha value is -4.23. The van der Waals surface area contributed by atoms with Crippen LogP contribution in [0.5, 0.6) is 5.75 Å². The van der Waals surface area contributed by atoms with Crippen molar-refractivity contribution in [1.29, 1.82) is 0 Å². The molecule has 2 N–H and O–H groups in total. The lowest BCUT2D eigenvalue weighted by molar-refractivity contribution is 0.112. The number of hydrogen-bond acceptors (Lipinski definition) is 8. The standard InChI is InChI=1S/C30H29ClFN5O3/c1-3-5-27(36-40-15-13-37(2)12-14-38)22-8-10-28-25(17-22)30(34-20-33-28)35-24-9-11-29(26(31)18-24)39-19-21-6-4-7-23(32)16-21/h4,6-11,16-18,20,38H,12-15,19H2,1-2H3,(H,33,34,35)/b36-27+. The molecule has 0 radical (unpaired) electrons. The highest BCUT2D eigenvalue weighted by molar-refractivity contribution is 6.32. The van der Waals surface area contributed by atoms with E-state index in [4.69, 9.17) is 26.3 Å². The van der Waals surface area contributed by atoms with Crippen molar-refractivity contribution in [1.82, 2.24) is 14.9 Å². The summed E-state index contributed by atoms with van der Waals surface area (Å²) in [6.45, 7) is 3.55. The topological polar surface area (TPSA) is 92.1 Å². The maximum Gasteiger partial charge on any atom is 0.159 e. The average Bonchev–Trinajstić information content (AvgIpc) is 2.94. The highest BCUT2D eigenvalue weighted by Crippen LogP contribution is 2.31. The van der Waals surface area contributed by atoms with Gasteiger partial charge in [0.15, 0.2) is 5.71 Å². The van der Waals surface area contributed by atoms with Gasteiger partial charge in [-0.3, -0.25) is 0 Å². The summed E-state index contributed by atoms with van der Waals surface area (Å²) in [4.78, 5) is 16.3. The molecule has 0 saturated heterocycles. The minimum atomic E-state index is -0.318. The molecule has 0 fully saturated rings. The minimum absolute atomic E-state index is 0.0859. The first-order valence-electron chi connectivity index (χ1n) is 12.6. The molecule has 3 aromatic carbocycles. The van der Waals surface area contributed by atoms with Gasteiger partial charge in [-0.05, 0) is 74.0 Å². The molecule has 0 bridgehead atoms. The van der Waals surface area contributed by atoms with Gasteiger partial charge in [-0.2, -0.15) is 0 Å². The fraction of sp³-hybridized carbons (Fsp3) is 0.233. The zero-order valence-electron chi connectivity index (χ0n) is 22.2. The Morgan fingerprint density at radius 1 is 1.12 bits per heavy atom. The zero-order valence-corrected chi connectivity index (χ0v) is 23.0. The summed E-state index contributed by atoms with van der Waals surface area (Å²) in [6.07, 6.45) is 1.48. The number of anilines is 2. The fourth-order valence-electron chi connectivity index (χ4n) is 3.78. The number of oxime groups is 1. The van der Waals surface area contributed by atoms with Gasteiger partial charge in [0.05, 0.1) is 17.1 Å². The van der Waals surface area contributed by atoms with Crippen LogP contribution in [0.2, 0.25) is 5.02 Å². The van der Waals surface area contributed by atoms with E-state index in [1.54, 1.807) is 31.2 Å². The molecule has 40 heavy (non-hydrogen) atoms. The van der Waals surface area contributed by atoms with Crippen LogP contribution in [0, 0.1) is 17.7 Å². The summed E-state index contributed by atoms with van der Waals surface area (Å²) >= 11 is 6.48. The number of aliphatic hydroxyl groups excluding tert-OH is 1. The Balaban J connectivity index is 1.51. The number of likely N-dealkylation sites (N-methyl/N-ethyl adjacent to an activating group) is 1. The maximum absolute atomic E-state index is 13.4. The summed E-state index contributed by atoms with van der Waals surface area (Å²) in [5, 5.41) is 17.7. The summed E-state index contributed by atoms with van der Waals surface area (Å²) in [5.74, 6) is 6.61. The number of aliphatic hydroxyl groups is 1. The number of ether oxygens (including phenoxy) is 1. The van der Waals surface area contributed by atoms with Crippen LogP contribution >= 0.6 is 11.6 Å². The largest absolute Gasteiger partial charge is 0.487 e. The Labute approximate surface area is 237 Å². The Bertz CT molecular complexity index is 1550. The van der Waals surface area contributed by atoms with Gasteiger partial charge < -0.3 is 24.9 Å². The van der Waals surface area contributed by atoms with Crippen LogP contribution in [0.1, 0.15) is 18.1 Å². The molecule has 0 unspecified atom stereocenters. The molecule has 4 aromatic rings.